The minimum atomic E-state index is -1.35. The van der Waals surface area contributed by atoms with Crippen molar-refractivity contribution < 1.29 is 38.7 Å². The Kier molecular flexibility index (Phi) is 17.4. The zero-order valence-corrected chi connectivity index (χ0v) is 38.5. The lowest BCUT2D eigenvalue weighted by atomic mass is 9.98. The molecule has 2 aliphatic heterocycles. The molecule has 0 spiro atoms. The average Bonchev–Trinajstić information content (AvgIpc) is 3.37. The van der Waals surface area contributed by atoms with Crippen molar-refractivity contribution in [1.82, 2.24) is 26.6 Å². The number of hydrogen-bond acceptors (Lipinski definition) is 7. The number of aliphatic carboxylic acids is 1. The molecular formula is C56H56N6O8. The second-order valence-electron chi connectivity index (χ2n) is 17.3. The molecule has 0 unspecified atom stereocenters. The van der Waals surface area contributed by atoms with Crippen molar-refractivity contribution in [3.05, 3.63) is 198 Å². The lowest BCUT2D eigenvalue weighted by Crippen LogP contribution is -2.59. The zero-order chi connectivity index (χ0) is 49.2. The maximum absolute atomic E-state index is 14.8. The van der Waals surface area contributed by atoms with Gasteiger partial charge in [0.2, 0.25) is 35.4 Å². The molecule has 5 atom stereocenters. The standard InChI is InChI=1S/C56H56N6O8/c63-50-31-32-51(64)58-46(33-38-15-7-2-8-16-38)53(66)61-47(34-40-21-26-43(27-22-40)42-19-11-4-12-20-42)54(67)59-45(30-25-37-13-5-1-6-14-37)52(65)60-48(35-41-23-28-44(57-50)29-24-41)55(68)62-49(56(69)70)36-39-17-9-3-10-18-39/h1-24,26-29,45-49H,25,30-36H2,(H,57,63)(H,58,64)(H,59,67)(H,60,65)(H,61,66)(H,62,68)(H,69,70)/t45-,46-,47+,48+,49-/m1/s1. The van der Waals surface area contributed by atoms with E-state index in [9.17, 15) is 38.7 Å². The van der Waals surface area contributed by atoms with E-state index in [0.29, 0.717) is 28.8 Å². The van der Waals surface area contributed by atoms with Gasteiger partial charge in [-0.1, -0.05) is 158 Å². The minimum Gasteiger partial charge on any atom is -0.480 e. The molecule has 70 heavy (non-hydrogen) atoms. The first kappa shape index (κ1) is 49.5. The van der Waals surface area contributed by atoms with Crippen LogP contribution in [0.2, 0.25) is 0 Å². The Labute approximate surface area is 406 Å². The molecule has 0 radical (unpaired) electrons. The fraction of sp³-hybridized carbons (Fsp3) is 0.232. The van der Waals surface area contributed by atoms with Crippen molar-refractivity contribution in [1.29, 1.82) is 0 Å². The largest absolute Gasteiger partial charge is 0.480 e. The van der Waals surface area contributed by atoms with Crippen LogP contribution in [0.1, 0.15) is 47.1 Å². The highest BCUT2D eigenvalue weighted by Gasteiger charge is 2.33. The summed E-state index contributed by atoms with van der Waals surface area (Å²) in [6.45, 7) is 0. The molecule has 358 valence electrons. The van der Waals surface area contributed by atoms with Gasteiger partial charge in [-0.3, -0.25) is 28.8 Å². The number of rotatable bonds is 13. The second kappa shape index (κ2) is 24.6. The number of carbonyl (C=O) groups excluding carboxylic acids is 6. The Morgan fingerprint density at radius 3 is 1.60 bits per heavy atom. The summed E-state index contributed by atoms with van der Waals surface area (Å²) in [6, 6.07) is 44.7. The monoisotopic (exact) mass is 940 g/mol. The molecule has 8 rings (SSSR count). The summed E-state index contributed by atoms with van der Waals surface area (Å²) in [5.41, 5.74) is 5.87. The molecule has 0 saturated carbocycles. The van der Waals surface area contributed by atoms with Crippen molar-refractivity contribution in [3.8, 4) is 11.1 Å². The van der Waals surface area contributed by atoms with Gasteiger partial charge in [0.1, 0.15) is 30.2 Å². The highest BCUT2D eigenvalue weighted by Crippen LogP contribution is 2.21. The maximum Gasteiger partial charge on any atom is 0.326 e. The maximum atomic E-state index is 14.8. The molecule has 0 saturated heterocycles. The van der Waals surface area contributed by atoms with Gasteiger partial charge < -0.3 is 37.0 Å². The van der Waals surface area contributed by atoms with E-state index in [1.807, 2.05) is 103 Å². The highest BCUT2D eigenvalue weighted by atomic mass is 16.4. The van der Waals surface area contributed by atoms with Crippen molar-refractivity contribution in [2.45, 2.75) is 81.6 Å². The molecule has 0 aromatic heterocycles. The van der Waals surface area contributed by atoms with E-state index in [4.69, 9.17) is 0 Å². The number of carboxylic acids is 1. The molecular weight excluding hydrogens is 885 g/mol. The number of nitrogens with one attached hydrogen (secondary N) is 6. The third-order valence-electron chi connectivity index (χ3n) is 12.1. The molecule has 6 amide bonds. The molecule has 14 nitrogen and oxygen atoms in total. The van der Waals surface area contributed by atoms with E-state index < -0.39 is 71.6 Å². The number of aryl methyl sites for hydroxylation is 1. The van der Waals surface area contributed by atoms with Gasteiger partial charge in [-0.2, -0.15) is 0 Å². The Morgan fingerprint density at radius 1 is 0.514 bits per heavy atom. The molecule has 0 aliphatic carbocycles. The van der Waals surface area contributed by atoms with Gasteiger partial charge in [0, 0.05) is 44.2 Å². The predicted molar refractivity (Wildman–Crippen MR) is 266 cm³/mol. The van der Waals surface area contributed by atoms with Crippen LogP contribution in [0.4, 0.5) is 5.69 Å². The summed E-state index contributed by atoms with van der Waals surface area (Å²) in [5.74, 6) is -5.15. The van der Waals surface area contributed by atoms with Crippen LogP contribution in [0.25, 0.3) is 11.1 Å². The quantitative estimate of drug-likeness (QED) is 0.0734. The molecule has 7 N–H and O–H groups in total. The predicted octanol–water partition coefficient (Wildman–Crippen LogP) is 5.50. The van der Waals surface area contributed by atoms with E-state index in [-0.39, 0.29) is 44.9 Å². The van der Waals surface area contributed by atoms with Crippen LogP contribution < -0.4 is 31.9 Å². The Balaban J connectivity index is 1.23. The Hall–Kier alpha value is -8.39. The number of benzene rings is 6. The number of anilines is 1. The third kappa shape index (κ3) is 14.8. The lowest BCUT2D eigenvalue weighted by molar-refractivity contribution is -0.142. The third-order valence-corrected chi connectivity index (χ3v) is 12.1. The summed E-state index contributed by atoms with van der Waals surface area (Å²) >= 11 is 0. The van der Waals surface area contributed by atoms with Crippen molar-refractivity contribution in [2.75, 3.05) is 5.32 Å². The van der Waals surface area contributed by atoms with E-state index in [0.717, 1.165) is 22.3 Å². The van der Waals surface area contributed by atoms with E-state index in [1.165, 1.54) is 0 Å². The highest BCUT2D eigenvalue weighted by molar-refractivity contribution is 5.97. The summed E-state index contributed by atoms with van der Waals surface area (Å²) in [6.07, 6.45) is -0.0914. The van der Waals surface area contributed by atoms with Gasteiger partial charge >= 0.3 is 5.97 Å². The Morgan fingerprint density at radius 2 is 1.00 bits per heavy atom. The van der Waals surface area contributed by atoms with Crippen LogP contribution >= 0.6 is 0 Å². The molecule has 6 aromatic carbocycles. The molecule has 6 aromatic rings. The van der Waals surface area contributed by atoms with Gasteiger partial charge in [0.05, 0.1) is 0 Å². The van der Waals surface area contributed by atoms with Gasteiger partial charge in [-0.25, -0.2) is 4.79 Å². The number of fused-ring (bicyclic) bond motifs is 18. The fourth-order valence-corrected chi connectivity index (χ4v) is 8.22. The van der Waals surface area contributed by atoms with Crippen LogP contribution in [-0.2, 0) is 65.7 Å². The van der Waals surface area contributed by atoms with Crippen molar-refractivity contribution in [3.63, 3.8) is 0 Å². The lowest BCUT2D eigenvalue weighted by Gasteiger charge is -2.27. The zero-order valence-electron chi connectivity index (χ0n) is 38.5. The van der Waals surface area contributed by atoms with Crippen LogP contribution in [0.3, 0.4) is 0 Å². The van der Waals surface area contributed by atoms with Crippen LogP contribution in [-0.4, -0.2) is 76.7 Å². The van der Waals surface area contributed by atoms with E-state index in [2.05, 4.69) is 31.9 Å². The van der Waals surface area contributed by atoms with Gasteiger partial charge in [-0.05, 0) is 63.9 Å². The Bertz CT molecular complexity index is 2720. The van der Waals surface area contributed by atoms with Gasteiger partial charge in [-0.15, -0.1) is 0 Å². The van der Waals surface area contributed by atoms with Crippen LogP contribution in [0.15, 0.2) is 170 Å². The molecule has 2 bridgehead atoms. The van der Waals surface area contributed by atoms with E-state index in [1.54, 1.807) is 66.7 Å². The van der Waals surface area contributed by atoms with Crippen molar-refractivity contribution in [2.24, 2.45) is 0 Å². The minimum absolute atomic E-state index is 0.00924. The summed E-state index contributed by atoms with van der Waals surface area (Å²) in [4.78, 5) is 97.4. The topological polar surface area (TPSA) is 212 Å². The first-order valence-electron chi connectivity index (χ1n) is 23.3. The normalized spacial score (nSPS) is 18.7. The number of amides is 6. The SMILES string of the molecule is O=C1CCC(=O)N[C@H](Cc2ccccc2)C(=O)N[C@@H](Cc2ccc(-c3ccccc3)cc2)C(=O)N[C@H](CCc2ccccc2)C(=O)N[C@H](C(=O)N[C@H](Cc2ccccc2)C(=O)O)Cc2ccc(cc2)N1. The van der Waals surface area contributed by atoms with Crippen molar-refractivity contribution >= 4 is 47.1 Å². The van der Waals surface area contributed by atoms with Gasteiger partial charge in [0.15, 0.2) is 0 Å². The van der Waals surface area contributed by atoms with Gasteiger partial charge in [0.25, 0.3) is 0 Å². The fourth-order valence-electron chi connectivity index (χ4n) is 8.22. The average molecular weight is 941 g/mol. The summed E-state index contributed by atoms with van der Waals surface area (Å²) < 4.78 is 0. The smallest absolute Gasteiger partial charge is 0.326 e. The summed E-state index contributed by atoms with van der Waals surface area (Å²) in [5, 5.41) is 27.0. The number of carbonyl (C=O) groups is 7. The molecule has 2 aliphatic rings. The second-order valence-corrected chi connectivity index (χ2v) is 17.3. The number of carboxylic acid groups (broad SMARTS) is 1. The number of hydrogen-bond donors (Lipinski definition) is 7. The molecule has 0 fully saturated rings. The molecule has 2 heterocycles. The summed E-state index contributed by atoms with van der Waals surface area (Å²) in [7, 11) is 0. The van der Waals surface area contributed by atoms with Crippen LogP contribution in [0, 0.1) is 0 Å². The van der Waals surface area contributed by atoms with E-state index >= 15 is 0 Å². The first-order chi connectivity index (χ1) is 33.9. The first-order valence-corrected chi connectivity index (χ1v) is 23.3. The van der Waals surface area contributed by atoms with Crippen LogP contribution in [0.5, 0.6) is 0 Å². The molecule has 14 heteroatoms.